The first-order chi connectivity index (χ1) is 9.91. The molecule has 114 valence electrons. The molecule has 3 aliphatic carbocycles. The topological polar surface area (TPSA) is 0 Å². The second kappa shape index (κ2) is 5.82. The Morgan fingerprint density at radius 3 is 0.667 bits per heavy atom. The Morgan fingerprint density at radius 2 is 0.524 bits per heavy atom. The van der Waals surface area contributed by atoms with Crippen LogP contribution in [0, 0.1) is 0 Å². The molecule has 1 aromatic carbocycles. The van der Waals surface area contributed by atoms with E-state index < -0.39 is 0 Å². The van der Waals surface area contributed by atoms with Gasteiger partial charge in [-0.1, -0.05) is 95.6 Å². The van der Waals surface area contributed by atoms with Gasteiger partial charge in [0, 0.05) is 29.0 Å². The fourth-order valence-corrected chi connectivity index (χ4v) is 10.9. The van der Waals surface area contributed by atoms with Crippen molar-refractivity contribution in [1.82, 2.24) is 0 Å². The van der Waals surface area contributed by atoms with Gasteiger partial charge in [-0.15, -0.1) is 0 Å². The monoisotopic (exact) mass is 666 g/mol. The Morgan fingerprint density at radius 1 is 0.381 bits per heavy atom. The molecule has 0 amide bonds. The highest BCUT2D eigenvalue weighted by Crippen LogP contribution is 2.65. The van der Waals surface area contributed by atoms with Crippen LogP contribution in [-0.4, -0.2) is 0 Å². The average Bonchev–Trinajstić information content (AvgIpc) is 2.96. The predicted octanol–water partition coefficient (Wildman–Crippen LogP) is 8.51. The van der Waals surface area contributed by atoms with Crippen molar-refractivity contribution in [3.63, 3.8) is 0 Å². The molecule has 0 nitrogen and oxygen atoms in total. The van der Waals surface area contributed by atoms with Crippen LogP contribution >= 0.6 is 95.6 Å². The van der Waals surface area contributed by atoms with Gasteiger partial charge in [0.25, 0.3) is 0 Å². The van der Waals surface area contributed by atoms with Crippen LogP contribution in [0.2, 0.25) is 0 Å². The van der Waals surface area contributed by atoms with E-state index in [4.69, 9.17) is 0 Å². The van der Waals surface area contributed by atoms with Crippen LogP contribution in [0.15, 0.2) is 0 Å². The second-order valence-corrected chi connectivity index (χ2v) is 12.6. The summed E-state index contributed by atoms with van der Waals surface area (Å²) < 4.78 is 0. The Hall–Kier alpha value is 2.10. The molecule has 0 aliphatic heterocycles. The van der Waals surface area contributed by atoms with Crippen LogP contribution in [0.5, 0.6) is 0 Å². The zero-order valence-electron chi connectivity index (χ0n) is 10.9. The maximum atomic E-state index is 3.93. The molecule has 3 aliphatic rings. The average molecular weight is 672 g/mol. The van der Waals surface area contributed by atoms with E-state index in [-0.39, 0.29) is 0 Å². The molecule has 0 radical (unpaired) electrons. The molecule has 6 unspecified atom stereocenters. The summed E-state index contributed by atoms with van der Waals surface area (Å²) in [6.45, 7) is 0. The van der Waals surface area contributed by atoms with E-state index >= 15 is 0 Å². The van der Waals surface area contributed by atoms with E-state index in [1.165, 1.54) is 0 Å². The van der Waals surface area contributed by atoms with E-state index in [9.17, 15) is 0 Å². The number of hydrogen-bond donors (Lipinski definition) is 0. The van der Waals surface area contributed by atoms with E-state index in [1.807, 2.05) is 0 Å². The Kier molecular flexibility index (Phi) is 4.59. The molecule has 0 fully saturated rings. The minimum atomic E-state index is 0.461. The Balaban J connectivity index is 2.12. The van der Waals surface area contributed by atoms with Crippen LogP contribution in [-0.2, 0) is 0 Å². The maximum Gasteiger partial charge on any atom is 0.0415 e. The van der Waals surface area contributed by atoms with Gasteiger partial charge in [0.1, 0.15) is 0 Å². The van der Waals surface area contributed by atoms with Crippen molar-refractivity contribution >= 4 is 95.6 Å². The first-order valence-electron chi connectivity index (χ1n) is 6.99. The second-order valence-electron chi connectivity index (χ2n) is 5.99. The SMILES string of the molecule is BrC1CC(Br)c2c1c1c(c3c2C(Br)CC3Br)C(Br)CC1Br. The fraction of sp³-hybridized carbons (Fsp3) is 0.600. The first-order valence-corrected chi connectivity index (χ1v) is 12.5. The third-order valence-corrected chi connectivity index (χ3v) is 9.85. The van der Waals surface area contributed by atoms with Gasteiger partial charge >= 0.3 is 0 Å². The summed E-state index contributed by atoms with van der Waals surface area (Å²) in [5.74, 6) is 0. The van der Waals surface area contributed by atoms with Crippen molar-refractivity contribution in [2.45, 2.75) is 48.2 Å². The third kappa shape index (κ3) is 2.32. The highest BCUT2D eigenvalue weighted by atomic mass is 79.9. The van der Waals surface area contributed by atoms with E-state index in [1.54, 1.807) is 33.4 Å². The third-order valence-electron chi connectivity index (χ3n) is 4.86. The summed E-state index contributed by atoms with van der Waals surface area (Å²) in [4.78, 5) is 2.77. The summed E-state index contributed by atoms with van der Waals surface area (Å²) in [7, 11) is 0. The lowest BCUT2D eigenvalue weighted by Crippen LogP contribution is -2.04. The molecule has 0 N–H and O–H groups in total. The van der Waals surface area contributed by atoms with Gasteiger partial charge in [-0.2, -0.15) is 0 Å². The summed E-state index contributed by atoms with van der Waals surface area (Å²) in [6, 6.07) is 0. The largest absolute Gasteiger partial charge is 0.0838 e. The van der Waals surface area contributed by atoms with Crippen LogP contribution < -0.4 is 0 Å². The molecular weight excluding hydrogens is 660 g/mol. The highest BCUT2D eigenvalue weighted by Gasteiger charge is 2.46. The van der Waals surface area contributed by atoms with E-state index in [0.29, 0.717) is 29.0 Å². The standard InChI is InChI=1S/C15H12Br6/c16-4-1-5(17)11-10(4)12-6(18)2-8(20)14(12)15-9(21)3-7(19)13(11)15/h4-9H,1-3H2. The molecule has 21 heavy (non-hydrogen) atoms. The van der Waals surface area contributed by atoms with Crippen molar-refractivity contribution < 1.29 is 0 Å². The van der Waals surface area contributed by atoms with Gasteiger partial charge in [-0.05, 0) is 52.6 Å². The molecule has 0 saturated carbocycles. The smallest absolute Gasteiger partial charge is 0.0415 e. The van der Waals surface area contributed by atoms with Crippen LogP contribution in [0.4, 0.5) is 0 Å². The van der Waals surface area contributed by atoms with Gasteiger partial charge in [0.2, 0.25) is 0 Å². The number of alkyl halides is 6. The van der Waals surface area contributed by atoms with Gasteiger partial charge in [0.05, 0.1) is 0 Å². The summed E-state index contributed by atoms with van der Waals surface area (Å²) >= 11 is 23.6. The van der Waals surface area contributed by atoms with Crippen LogP contribution in [0.25, 0.3) is 0 Å². The Labute approximate surface area is 175 Å². The number of halogens is 6. The molecule has 1 aromatic rings. The number of benzene rings is 1. The van der Waals surface area contributed by atoms with Crippen molar-refractivity contribution in [3.05, 3.63) is 33.4 Å². The lowest BCUT2D eigenvalue weighted by molar-refractivity contribution is 0.870. The summed E-state index contributed by atoms with van der Waals surface area (Å²) in [6.07, 6.45) is 3.41. The van der Waals surface area contributed by atoms with Crippen molar-refractivity contribution in [2.24, 2.45) is 0 Å². The predicted molar refractivity (Wildman–Crippen MR) is 110 cm³/mol. The zero-order chi connectivity index (χ0) is 15.0. The van der Waals surface area contributed by atoms with Gasteiger partial charge in [0.15, 0.2) is 0 Å². The fourth-order valence-electron chi connectivity index (χ4n) is 4.15. The number of rotatable bonds is 0. The molecule has 6 atom stereocenters. The lowest BCUT2D eigenvalue weighted by Gasteiger charge is -2.22. The quantitative estimate of drug-likeness (QED) is 0.243. The van der Waals surface area contributed by atoms with Crippen molar-refractivity contribution in [1.29, 1.82) is 0 Å². The molecule has 4 rings (SSSR count). The number of fused-ring (bicyclic) bond motifs is 6. The van der Waals surface area contributed by atoms with E-state index in [2.05, 4.69) is 95.6 Å². The van der Waals surface area contributed by atoms with Crippen molar-refractivity contribution in [2.75, 3.05) is 0 Å². The molecule has 0 heterocycles. The maximum absolute atomic E-state index is 3.93. The van der Waals surface area contributed by atoms with Crippen LogP contribution in [0.1, 0.15) is 81.6 Å². The highest BCUT2D eigenvalue weighted by molar-refractivity contribution is 9.10. The molecular formula is C15H12Br6. The number of hydrogen-bond acceptors (Lipinski definition) is 0. The van der Waals surface area contributed by atoms with Crippen LogP contribution in [0.3, 0.4) is 0 Å². The Bertz CT molecular complexity index is 471. The van der Waals surface area contributed by atoms with Gasteiger partial charge in [-0.25, -0.2) is 0 Å². The molecule has 0 aromatic heterocycles. The van der Waals surface area contributed by atoms with Gasteiger partial charge in [-0.3, -0.25) is 0 Å². The summed E-state index contributed by atoms with van der Waals surface area (Å²) in [5, 5.41) is 0. The molecule has 0 saturated heterocycles. The molecule has 6 heteroatoms. The normalized spacial score (nSPS) is 40.3. The van der Waals surface area contributed by atoms with Crippen molar-refractivity contribution in [3.8, 4) is 0 Å². The molecule has 0 bridgehead atoms. The first kappa shape index (κ1) is 16.6. The molecule has 0 spiro atoms. The minimum Gasteiger partial charge on any atom is -0.0838 e. The van der Waals surface area contributed by atoms with E-state index in [0.717, 1.165) is 19.3 Å². The van der Waals surface area contributed by atoms with Gasteiger partial charge < -0.3 is 0 Å². The summed E-state index contributed by atoms with van der Waals surface area (Å²) in [5.41, 5.74) is 9.25. The zero-order valence-corrected chi connectivity index (χ0v) is 20.4. The minimum absolute atomic E-state index is 0.461. The lowest BCUT2D eigenvalue weighted by atomic mass is 9.90.